The highest BCUT2D eigenvalue weighted by atomic mass is 16.3. The van der Waals surface area contributed by atoms with E-state index in [9.17, 15) is 9.90 Å². The van der Waals surface area contributed by atoms with Crippen molar-refractivity contribution in [1.82, 2.24) is 10.3 Å². The SMILES string of the molecule is C/C(=C\C=C\[C@@H]1C2C(C=C[C@@H]1C)C[C@@H](C)[C@H](O)[C@H]2C)C(=O)NCc1cccnc1. The molecule has 2 N–H and O–H groups in total. The molecule has 1 heterocycles. The Bertz CT molecular complexity index is 783. The lowest BCUT2D eigenvalue weighted by Gasteiger charge is -2.48. The zero-order chi connectivity index (χ0) is 21.0. The molecule has 0 spiro atoms. The molecule has 1 amide bonds. The summed E-state index contributed by atoms with van der Waals surface area (Å²) in [6.45, 7) is 8.91. The molecule has 0 aromatic carbocycles. The maximum atomic E-state index is 12.3. The van der Waals surface area contributed by atoms with E-state index in [-0.39, 0.29) is 17.9 Å². The number of rotatable bonds is 5. The number of carbonyl (C=O) groups excluding carboxylic acids is 1. The van der Waals surface area contributed by atoms with Crippen LogP contribution in [0.25, 0.3) is 0 Å². The molecular formula is C25H34N2O2. The average Bonchev–Trinajstić information content (AvgIpc) is 2.72. The third-order valence-electron chi connectivity index (χ3n) is 6.79. The highest BCUT2D eigenvalue weighted by Crippen LogP contribution is 2.48. The Morgan fingerprint density at radius 2 is 2.10 bits per heavy atom. The molecule has 0 bridgehead atoms. The number of aromatic nitrogens is 1. The van der Waals surface area contributed by atoms with E-state index in [1.54, 1.807) is 12.4 Å². The molecule has 4 heteroatoms. The van der Waals surface area contributed by atoms with Gasteiger partial charge in [0.15, 0.2) is 0 Å². The van der Waals surface area contributed by atoms with E-state index < -0.39 is 0 Å². The van der Waals surface area contributed by atoms with E-state index in [1.165, 1.54) is 0 Å². The van der Waals surface area contributed by atoms with E-state index in [2.05, 4.69) is 49.3 Å². The maximum Gasteiger partial charge on any atom is 0.247 e. The number of nitrogens with one attached hydrogen (secondary N) is 1. The minimum Gasteiger partial charge on any atom is -0.393 e. The fraction of sp³-hybridized carbons (Fsp3) is 0.520. The molecule has 1 saturated carbocycles. The Hall–Kier alpha value is -2.20. The Labute approximate surface area is 174 Å². The molecule has 2 aliphatic carbocycles. The second-order valence-corrected chi connectivity index (χ2v) is 8.90. The van der Waals surface area contributed by atoms with Crippen molar-refractivity contribution in [2.24, 2.45) is 35.5 Å². The Morgan fingerprint density at radius 1 is 1.31 bits per heavy atom. The number of amides is 1. The van der Waals surface area contributed by atoms with Crippen LogP contribution in [0.3, 0.4) is 0 Å². The van der Waals surface area contributed by atoms with Crippen molar-refractivity contribution >= 4 is 5.91 Å². The summed E-state index contributed by atoms with van der Waals surface area (Å²) in [5.74, 6) is 2.35. The van der Waals surface area contributed by atoms with Gasteiger partial charge in [0.25, 0.3) is 0 Å². The average molecular weight is 395 g/mol. The molecule has 0 radical (unpaired) electrons. The van der Waals surface area contributed by atoms with Gasteiger partial charge in [-0.1, -0.05) is 57.2 Å². The number of hydrogen-bond acceptors (Lipinski definition) is 3. The van der Waals surface area contributed by atoms with Gasteiger partial charge in [0.1, 0.15) is 0 Å². The number of aliphatic hydroxyl groups is 1. The van der Waals surface area contributed by atoms with Gasteiger partial charge in [-0.25, -0.2) is 0 Å². The van der Waals surface area contributed by atoms with E-state index in [0.29, 0.717) is 41.7 Å². The molecule has 29 heavy (non-hydrogen) atoms. The molecule has 1 aromatic rings. The molecule has 1 fully saturated rings. The number of carbonyl (C=O) groups is 1. The summed E-state index contributed by atoms with van der Waals surface area (Å²) >= 11 is 0. The van der Waals surface area contributed by atoms with Gasteiger partial charge in [-0.15, -0.1) is 0 Å². The van der Waals surface area contributed by atoms with Crippen LogP contribution in [-0.2, 0) is 11.3 Å². The smallest absolute Gasteiger partial charge is 0.247 e. The van der Waals surface area contributed by atoms with Crippen LogP contribution in [0, 0.1) is 35.5 Å². The van der Waals surface area contributed by atoms with Crippen molar-refractivity contribution < 1.29 is 9.90 Å². The predicted octanol–water partition coefficient (Wildman–Crippen LogP) is 4.29. The van der Waals surface area contributed by atoms with Gasteiger partial charge >= 0.3 is 0 Å². The van der Waals surface area contributed by atoms with Crippen molar-refractivity contribution in [2.75, 3.05) is 0 Å². The van der Waals surface area contributed by atoms with Gasteiger partial charge in [-0.05, 0) is 60.5 Å². The first-order chi connectivity index (χ1) is 13.9. The highest BCUT2D eigenvalue weighted by molar-refractivity contribution is 5.93. The largest absolute Gasteiger partial charge is 0.393 e. The number of allylic oxidation sites excluding steroid dienone is 5. The van der Waals surface area contributed by atoms with E-state index >= 15 is 0 Å². The highest BCUT2D eigenvalue weighted by Gasteiger charge is 2.44. The lowest BCUT2D eigenvalue weighted by molar-refractivity contribution is -0.117. The van der Waals surface area contributed by atoms with Crippen molar-refractivity contribution in [3.05, 3.63) is 66.0 Å². The minimum absolute atomic E-state index is 0.0664. The zero-order valence-corrected chi connectivity index (χ0v) is 18.0. The summed E-state index contributed by atoms with van der Waals surface area (Å²) in [5.41, 5.74) is 1.67. The van der Waals surface area contributed by atoms with Gasteiger partial charge in [0.2, 0.25) is 5.91 Å². The van der Waals surface area contributed by atoms with Gasteiger partial charge in [0.05, 0.1) is 6.10 Å². The van der Waals surface area contributed by atoms with Crippen LogP contribution in [0.2, 0.25) is 0 Å². The second-order valence-electron chi connectivity index (χ2n) is 8.90. The Kier molecular flexibility index (Phi) is 7.07. The van der Waals surface area contributed by atoms with Crippen molar-refractivity contribution in [3.8, 4) is 0 Å². The summed E-state index contributed by atoms with van der Waals surface area (Å²) in [6, 6.07) is 3.81. The van der Waals surface area contributed by atoms with Crippen LogP contribution in [-0.4, -0.2) is 22.1 Å². The van der Waals surface area contributed by atoms with E-state index in [0.717, 1.165) is 12.0 Å². The molecule has 0 saturated heterocycles. The first kappa shape index (κ1) is 21.5. The predicted molar refractivity (Wildman–Crippen MR) is 117 cm³/mol. The number of pyridine rings is 1. The molecule has 156 valence electrons. The van der Waals surface area contributed by atoms with Crippen molar-refractivity contribution in [1.29, 1.82) is 0 Å². The molecule has 0 aliphatic heterocycles. The normalized spacial score (nSPS) is 34.8. The number of aliphatic hydroxyl groups excluding tert-OH is 1. The lowest BCUT2D eigenvalue weighted by atomic mass is 9.58. The van der Waals surface area contributed by atoms with Gasteiger partial charge in [0, 0.05) is 24.5 Å². The zero-order valence-electron chi connectivity index (χ0n) is 18.0. The molecule has 1 aromatic heterocycles. The topological polar surface area (TPSA) is 62.2 Å². The molecule has 7 atom stereocenters. The molecule has 2 aliphatic rings. The fourth-order valence-corrected chi connectivity index (χ4v) is 5.03. The number of fused-ring (bicyclic) bond motifs is 1. The van der Waals surface area contributed by atoms with Crippen molar-refractivity contribution in [2.45, 2.75) is 46.8 Å². The first-order valence-electron chi connectivity index (χ1n) is 10.8. The molecule has 3 rings (SSSR count). The van der Waals surface area contributed by atoms with Gasteiger partial charge in [-0.2, -0.15) is 0 Å². The van der Waals surface area contributed by atoms with Crippen LogP contribution in [0.5, 0.6) is 0 Å². The summed E-state index contributed by atoms with van der Waals surface area (Å²) in [7, 11) is 0. The second kappa shape index (κ2) is 9.53. The van der Waals surface area contributed by atoms with Gasteiger partial charge < -0.3 is 10.4 Å². The first-order valence-corrected chi connectivity index (χ1v) is 10.8. The molecular weight excluding hydrogens is 360 g/mol. The maximum absolute atomic E-state index is 12.3. The third-order valence-corrected chi connectivity index (χ3v) is 6.79. The van der Waals surface area contributed by atoms with Crippen LogP contribution < -0.4 is 5.32 Å². The Balaban J connectivity index is 1.64. The summed E-state index contributed by atoms with van der Waals surface area (Å²) < 4.78 is 0. The fourth-order valence-electron chi connectivity index (χ4n) is 5.03. The summed E-state index contributed by atoms with van der Waals surface area (Å²) in [6.07, 6.45) is 15.1. The van der Waals surface area contributed by atoms with Crippen molar-refractivity contribution in [3.63, 3.8) is 0 Å². The molecule has 4 nitrogen and oxygen atoms in total. The standard InChI is InChI=1S/C25H34N2O2/c1-16-10-11-21-13-18(3)24(28)19(4)23(21)22(16)9-5-7-17(2)25(29)27-15-20-8-6-12-26-14-20/h5-12,14,16,18-19,21-24,28H,13,15H2,1-4H3,(H,27,29)/b9-5+,17-7+/t16-,18+,19-,21?,22-,23?,24-/m0/s1. The number of nitrogens with zero attached hydrogens (tertiary/aromatic N) is 1. The van der Waals surface area contributed by atoms with Crippen LogP contribution in [0.4, 0.5) is 0 Å². The van der Waals surface area contributed by atoms with E-state index in [1.807, 2.05) is 31.2 Å². The van der Waals surface area contributed by atoms with Gasteiger partial charge in [-0.3, -0.25) is 9.78 Å². The lowest BCUT2D eigenvalue weighted by Crippen LogP contribution is -2.46. The quantitative estimate of drug-likeness (QED) is 0.445. The number of hydrogen-bond donors (Lipinski definition) is 2. The molecule has 2 unspecified atom stereocenters. The summed E-state index contributed by atoms with van der Waals surface area (Å²) in [4.78, 5) is 16.4. The van der Waals surface area contributed by atoms with Crippen LogP contribution >= 0.6 is 0 Å². The van der Waals surface area contributed by atoms with Crippen LogP contribution in [0.1, 0.15) is 39.7 Å². The summed E-state index contributed by atoms with van der Waals surface area (Å²) in [5, 5.41) is 13.5. The Morgan fingerprint density at radius 3 is 2.83 bits per heavy atom. The van der Waals surface area contributed by atoms with E-state index in [4.69, 9.17) is 0 Å². The monoisotopic (exact) mass is 394 g/mol. The minimum atomic E-state index is -0.235. The third kappa shape index (κ3) is 5.05. The van der Waals surface area contributed by atoms with Crippen LogP contribution in [0.15, 0.2) is 60.5 Å².